The van der Waals surface area contributed by atoms with Gasteiger partial charge in [0, 0.05) is 38.6 Å². The van der Waals surface area contributed by atoms with Crippen LogP contribution in [0, 0.1) is 0 Å². The van der Waals surface area contributed by atoms with Gasteiger partial charge in [-0.25, -0.2) is 0 Å². The smallest absolute Gasteiger partial charge is 0.0700 e. The minimum Gasteiger partial charge on any atom is -0.382 e. The van der Waals surface area contributed by atoms with E-state index in [0.29, 0.717) is 13.2 Å². The maximum Gasteiger partial charge on any atom is 0.0700 e. The second-order valence-electron chi connectivity index (χ2n) is 3.60. The molecule has 1 aromatic rings. The van der Waals surface area contributed by atoms with Crippen LogP contribution in [0.1, 0.15) is 12.0 Å². The van der Waals surface area contributed by atoms with E-state index in [1.807, 2.05) is 17.9 Å². The number of aryl methyl sites for hydroxylation is 1. The van der Waals surface area contributed by atoms with Crippen LogP contribution in [0.5, 0.6) is 0 Å². The molecule has 0 aliphatic heterocycles. The zero-order chi connectivity index (χ0) is 11.6. The number of hydrogen-bond donors (Lipinski definition) is 1. The fourth-order valence-electron chi connectivity index (χ4n) is 1.40. The largest absolute Gasteiger partial charge is 0.382 e. The molecule has 0 spiro atoms. The maximum absolute atomic E-state index is 5.37. The van der Waals surface area contributed by atoms with Crippen molar-refractivity contribution >= 4 is 0 Å². The van der Waals surface area contributed by atoms with Gasteiger partial charge in [-0.1, -0.05) is 0 Å². The third kappa shape index (κ3) is 5.25. The Morgan fingerprint density at radius 3 is 3.00 bits per heavy atom. The van der Waals surface area contributed by atoms with E-state index in [1.54, 1.807) is 7.11 Å². The van der Waals surface area contributed by atoms with Crippen LogP contribution in [0.3, 0.4) is 0 Å². The zero-order valence-corrected chi connectivity index (χ0v) is 10.1. The van der Waals surface area contributed by atoms with Gasteiger partial charge in [-0.05, 0) is 13.5 Å². The Bertz CT molecular complexity index is 276. The van der Waals surface area contributed by atoms with Crippen LogP contribution in [0.15, 0.2) is 12.4 Å². The molecular formula is C11H21N3O2. The van der Waals surface area contributed by atoms with Crippen molar-refractivity contribution in [3.05, 3.63) is 18.0 Å². The molecule has 0 aliphatic rings. The van der Waals surface area contributed by atoms with Crippen molar-refractivity contribution in [1.29, 1.82) is 0 Å². The van der Waals surface area contributed by atoms with Crippen LogP contribution in [0.25, 0.3) is 0 Å². The van der Waals surface area contributed by atoms with E-state index in [0.717, 1.165) is 26.1 Å². The van der Waals surface area contributed by atoms with Gasteiger partial charge in [-0.2, -0.15) is 5.10 Å². The summed E-state index contributed by atoms with van der Waals surface area (Å²) in [5.41, 5.74) is 1.21. The van der Waals surface area contributed by atoms with Gasteiger partial charge in [0.1, 0.15) is 0 Å². The van der Waals surface area contributed by atoms with Crippen molar-refractivity contribution in [3.8, 4) is 0 Å². The van der Waals surface area contributed by atoms with E-state index in [4.69, 9.17) is 9.47 Å². The second kappa shape index (κ2) is 8.27. The monoisotopic (exact) mass is 227 g/mol. The first-order valence-corrected chi connectivity index (χ1v) is 5.59. The molecule has 1 N–H and O–H groups in total. The van der Waals surface area contributed by atoms with Gasteiger partial charge in [0.15, 0.2) is 0 Å². The molecule has 0 saturated heterocycles. The fourth-order valence-corrected chi connectivity index (χ4v) is 1.40. The summed E-state index contributed by atoms with van der Waals surface area (Å²) >= 11 is 0. The number of ether oxygens (including phenoxy) is 2. The van der Waals surface area contributed by atoms with E-state index in [1.165, 1.54) is 5.56 Å². The quantitative estimate of drug-likeness (QED) is 0.629. The van der Waals surface area contributed by atoms with Gasteiger partial charge < -0.3 is 14.8 Å². The average Bonchev–Trinajstić information content (AvgIpc) is 2.72. The number of rotatable bonds is 9. The Kier molecular flexibility index (Phi) is 6.80. The lowest BCUT2D eigenvalue weighted by Gasteiger charge is -2.03. The minimum atomic E-state index is 0.661. The molecule has 0 atom stereocenters. The molecule has 0 aliphatic carbocycles. The third-order valence-corrected chi connectivity index (χ3v) is 2.18. The fraction of sp³-hybridized carbons (Fsp3) is 0.727. The van der Waals surface area contributed by atoms with Gasteiger partial charge in [-0.3, -0.25) is 4.68 Å². The summed E-state index contributed by atoms with van der Waals surface area (Å²) in [6, 6.07) is 0. The van der Waals surface area contributed by atoms with Crippen LogP contribution < -0.4 is 5.32 Å². The highest BCUT2D eigenvalue weighted by atomic mass is 16.5. The number of nitrogens with one attached hydrogen (secondary N) is 1. The normalized spacial score (nSPS) is 10.9. The first-order valence-electron chi connectivity index (χ1n) is 5.59. The highest BCUT2D eigenvalue weighted by Crippen LogP contribution is 1.98. The predicted octanol–water partition coefficient (Wildman–Crippen LogP) is 0.656. The second-order valence-corrected chi connectivity index (χ2v) is 3.60. The lowest BCUT2D eigenvalue weighted by Crippen LogP contribution is -2.07. The Balaban J connectivity index is 2.07. The van der Waals surface area contributed by atoms with Gasteiger partial charge in [0.25, 0.3) is 0 Å². The predicted molar refractivity (Wildman–Crippen MR) is 62.3 cm³/mol. The molecule has 0 unspecified atom stereocenters. The molecule has 0 bridgehead atoms. The summed E-state index contributed by atoms with van der Waals surface area (Å²) in [4.78, 5) is 0. The molecule has 92 valence electrons. The Hall–Kier alpha value is -0.910. The molecule has 1 heterocycles. The molecule has 1 aromatic heterocycles. The van der Waals surface area contributed by atoms with E-state index >= 15 is 0 Å². The maximum atomic E-state index is 5.37. The van der Waals surface area contributed by atoms with E-state index in [9.17, 15) is 0 Å². The molecule has 5 nitrogen and oxygen atoms in total. The zero-order valence-electron chi connectivity index (χ0n) is 10.1. The van der Waals surface area contributed by atoms with Crippen LogP contribution in [0.2, 0.25) is 0 Å². The lowest BCUT2D eigenvalue weighted by molar-refractivity contribution is 0.0677. The van der Waals surface area contributed by atoms with Gasteiger partial charge in [0.2, 0.25) is 0 Å². The molecule has 5 heteroatoms. The third-order valence-electron chi connectivity index (χ3n) is 2.18. The lowest BCUT2D eigenvalue weighted by atomic mass is 10.3. The highest BCUT2D eigenvalue weighted by Gasteiger charge is 1.97. The van der Waals surface area contributed by atoms with Crippen molar-refractivity contribution in [2.24, 2.45) is 0 Å². The van der Waals surface area contributed by atoms with Crippen LogP contribution in [-0.2, 0) is 22.6 Å². The highest BCUT2D eigenvalue weighted by molar-refractivity contribution is 5.02. The van der Waals surface area contributed by atoms with Crippen molar-refractivity contribution in [2.75, 3.05) is 34.0 Å². The Labute approximate surface area is 96.7 Å². The summed E-state index contributed by atoms with van der Waals surface area (Å²) in [7, 11) is 3.61. The molecule has 0 fully saturated rings. The van der Waals surface area contributed by atoms with Crippen molar-refractivity contribution in [3.63, 3.8) is 0 Å². The van der Waals surface area contributed by atoms with E-state index < -0.39 is 0 Å². The number of aromatic nitrogens is 2. The Morgan fingerprint density at radius 1 is 1.38 bits per heavy atom. The first kappa shape index (κ1) is 13.2. The molecule has 0 saturated carbocycles. The molecule has 0 amide bonds. The molecular weight excluding hydrogens is 206 g/mol. The number of hydrogen-bond acceptors (Lipinski definition) is 4. The summed E-state index contributed by atoms with van der Waals surface area (Å²) in [6.45, 7) is 3.85. The van der Waals surface area contributed by atoms with Crippen molar-refractivity contribution in [1.82, 2.24) is 15.1 Å². The standard InChI is InChI=1S/C11H21N3O2/c1-12-8-11-9-13-14(10-11)4-3-5-16-7-6-15-2/h9-10,12H,3-8H2,1-2H3. The van der Waals surface area contributed by atoms with E-state index in [2.05, 4.69) is 16.6 Å². The molecule has 0 radical (unpaired) electrons. The van der Waals surface area contributed by atoms with Gasteiger partial charge in [-0.15, -0.1) is 0 Å². The SMILES string of the molecule is CNCc1cnn(CCCOCCOC)c1. The number of methoxy groups -OCH3 is 1. The topological polar surface area (TPSA) is 48.3 Å². The van der Waals surface area contributed by atoms with Gasteiger partial charge >= 0.3 is 0 Å². The molecule has 1 rings (SSSR count). The van der Waals surface area contributed by atoms with Crippen molar-refractivity contribution in [2.45, 2.75) is 19.5 Å². The van der Waals surface area contributed by atoms with E-state index in [-0.39, 0.29) is 0 Å². The van der Waals surface area contributed by atoms with Crippen molar-refractivity contribution < 1.29 is 9.47 Å². The summed E-state index contributed by atoms with van der Waals surface area (Å²) in [6.07, 6.45) is 4.93. The van der Waals surface area contributed by atoms with Crippen LogP contribution >= 0.6 is 0 Å². The van der Waals surface area contributed by atoms with Crippen LogP contribution in [-0.4, -0.2) is 43.8 Å². The molecule has 16 heavy (non-hydrogen) atoms. The summed E-state index contributed by atoms with van der Waals surface area (Å²) in [5.74, 6) is 0. The average molecular weight is 227 g/mol. The molecule has 0 aromatic carbocycles. The minimum absolute atomic E-state index is 0.661. The first-order chi connectivity index (χ1) is 7.86. The summed E-state index contributed by atoms with van der Waals surface area (Å²) in [5, 5.41) is 7.36. The number of nitrogens with zero attached hydrogens (tertiary/aromatic N) is 2. The van der Waals surface area contributed by atoms with Gasteiger partial charge in [0.05, 0.1) is 19.4 Å². The summed E-state index contributed by atoms with van der Waals surface area (Å²) < 4.78 is 12.2. The van der Waals surface area contributed by atoms with Crippen LogP contribution in [0.4, 0.5) is 0 Å². The Morgan fingerprint density at radius 2 is 2.25 bits per heavy atom.